The number of hydrogen-bond acceptors (Lipinski definition) is 3. The molecule has 2 aromatic carbocycles. The standard InChI is InChI=1S/C24H21Cl3F6N2O2S/c1-12(34-20(36)7-8-38-2)35-22(37)15-5-3-13(9-17(15)24(31,32)33)4-6-16(23(28,29)30)14-10-18(25)21(27)19(26)11-14/h3-6,9-12,16H,7-8H2,1-2H3,(H,34,36)(H,35,37)/t12-,16?/m1/s1. The van der Waals surface area contributed by atoms with E-state index in [4.69, 9.17) is 34.8 Å². The van der Waals surface area contributed by atoms with E-state index >= 15 is 0 Å². The first-order valence-electron chi connectivity index (χ1n) is 10.7. The molecule has 2 N–H and O–H groups in total. The van der Waals surface area contributed by atoms with Crippen molar-refractivity contribution in [2.45, 2.75) is 37.8 Å². The molecule has 14 heteroatoms. The monoisotopic (exact) mass is 620 g/mol. The number of nitrogens with one attached hydrogen (secondary N) is 2. The summed E-state index contributed by atoms with van der Waals surface area (Å²) in [6.07, 6.45) is -7.35. The van der Waals surface area contributed by atoms with Crippen LogP contribution < -0.4 is 10.6 Å². The Morgan fingerprint density at radius 3 is 2.13 bits per heavy atom. The number of alkyl halides is 6. The number of halogens is 9. The van der Waals surface area contributed by atoms with Crippen molar-refractivity contribution in [3.63, 3.8) is 0 Å². The van der Waals surface area contributed by atoms with Crippen molar-refractivity contribution >= 4 is 64.5 Å². The fraction of sp³-hybridized carbons (Fsp3) is 0.333. The second-order valence-electron chi connectivity index (χ2n) is 7.99. The van der Waals surface area contributed by atoms with E-state index < -0.39 is 47.4 Å². The number of amides is 2. The third kappa shape index (κ3) is 9.00. The highest BCUT2D eigenvalue weighted by Gasteiger charge is 2.40. The molecular formula is C24H21Cl3F6N2O2S. The minimum atomic E-state index is -5.00. The van der Waals surface area contributed by atoms with Crippen molar-refractivity contribution in [1.29, 1.82) is 0 Å². The Morgan fingerprint density at radius 1 is 1.00 bits per heavy atom. The van der Waals surface area contributed by atoms with E-state index in [-0.39, 0.29) is 32.6 Å². The first kappa shape index (κ1) is 32.1. The van der Waals surface area contributed by atoms with Crippen LogP contribution >= 0.6 is 46.6 Å². The first-order valence-corrected chi connectivity index (χ1v) is 13.3. The zero-order chi connectivity index (χ0) is 28.8. The number of rotatable bonds is 9. The smallest absolute Gasteiger partial charge is 0.336 e. The number of allylic oxidation sites excluding steroid dienone is 1. The Kier molecular flexibility index (Phi) is 11.3. The van der Waals surface area contributed by atoms with Crippen LogP contribution in [0.4, 0.5) is 26.3 Å². The molecule has 0 aliphatic carbocycles. The molecule has 0 aliphatic rings. The molecule has 0 saturated carbocycles. The maximum absolute atomic E-state index is 13.8. The normalized spacial score (nSPS) is 13.9. The predicted molar refractivity (Wildman–Crippen MR) is 139 cm³/mol. The summed E-state index contributed by atoms with van der Waals surface area (Å²) in [5, 5.41) is 4.13. The second kappa shape index (κ2) is 13.3. The van der Waals surface area contributed by atoms with E-state index in [1.807, 2.05) is 0 Å². The second-order valence-corrected chi connectivity index (χ2v) is 10.2. The summed E-state index contributed by atoms with van der Waals surface area (Å²) in [6.45, 7) is 1.38. The van der Waals surface area contributed by atoms with Gasteiger partial charge in [0.25, 0.3) is 5.91 Å². The van der Waals surface area contributed by atoms with Crippen LogP contribution in [0.5, 0.6) is 0 Å². The highest BCUT2D eigenvalue weighted by Crippen LogP contribution is 2.41. The molecule has 0 heterocycles. The molecule has 0 spiro atoms. The molecule has 208 valence electrons. The Balaban J connectivity index is 2.36. The zero-order valence-corrected chi connectivity index (χ0v) is 22.8. The maximum Gasteiger partial charge on any atom is 0.417 e. The lowest BCUT2D eigenvalue weighted by Crippen LogP contribution is -2.46. The van der Waals surface area contributed by atoms with Crippen molar-refractivity contribution in [2.75, 3.05) is 12.0 Å². The summed E-state index contributed by atoms with van der Waals surface area (Å²) in [5.41, 5.74) is -2.73. The fourth-order valence-corrected chi connectivity index (χ4v) is 4.29. The highest BCUT2D eigenvalue weighted by atomic mass is 35.5. The minimum Gasteiger partial charge on any atom is -0.336 e. The Bertz CT molecular complexity index is 1180. The third-order valence-corrected chi connectivity index (χ3v) is 6.86. The summed E-state index contributed by atoms with van der Waals surface area (Å²) in [5.74, 6) is -3.26. The van der Waals surface area contributed by atoms with Gasteiger partial charge in [-0.05, 0) is 48.6 Å². The van der Waals surface area contributed by atoms with Gasteiger partial charge in [-0.25, -0.2) is 0 Å². The van der Waals surface area contributed by atoms with Gasteiger partial charge in [0.1, 0.15) is 0 Å². The number of thioether (sulfide) groups is 1. The number of carbonyl (C=O) groups excluding carboxylic acids is 2. The largest absolute Gasteiger partial charge is 0.417 e. The van der Waals surface area contributed by atoms with E-state index in [1.54, 1.807) is 6.26 Å². The molecule has 2 amide bonds. The van der Waals surface area contributed by atoms with Crippen molar-refractivity contribution in [2.24, 2.45) is 0 Å². The summed E-state index contributed by atoms with van der Waals surface area (Å²) in [6, 6.07) is 4.40. The lowest BCUT2D eigenvalue weighted by Gasteiger charge is -2.19. The van der Waals surface area contributed by atoms with Gasteiger partial charge in [-0.15, -0.1) is 0 Å². The average molecular weight is 622 g/mol. The van der Waals surface area contributed by atoms with Crippen LogP contribution in [0.3, 0.4) is 0 Å². The molecule has 2 rings (SSSR count). The van der Waals surface area contributed by atoms with E-state index in [1.165, 1.54) is 18.7 Å². The van der Waals surface area contributed by atoms with Crippen molar-refractivity contribution in [1.82, 2.24) is 10.6 Å². The zero-order valence-electron chi connectivity index (χ0n) is 19.7. The van der Waals surface area contributed by atoms with Crippen molar-refractivity contribution in [3.05, 3.63) is 73.7 Å². The van der Waals surface area contributed by atoms with Gasteiger partial charge < -0.3 is 10.6 Å². The molecule has 38 heavy (non-hydrogen) atoms. The van der Waals surface area contributed by atoms with E-state index in [0.717, 1.165) is 30.3 Å². The number of hydrogen-bond donors (Lipinski definition) is 2. The van der Waals surface area contributed by atoms with Crippen LogP contribution in [-0.2, 0) is 11.0 Å². The van der Waals surface area contributed by atoms with Gasteiger partial charge in [0.15, 0.2) is 0 Å². The van der Waals surface area contributed by atoms with Crippen molar-refractivity contribution in [3.8, 4) is 0 Å². The van der Waals surface area contributed by atoms with Gasteiger partial charge >= 0.3 is 12.4 Å². The van der Waals surface area contributed by atoms with Crippen LogP contribution in [0.1, 0.15) is 46.3 Å². The van der Waals surface area contributed by atoms with E-state index in [2.05, 4.69) is 10.6 Å². The number of carbonyl (C=O) groups is 2. The molecule has 1 unspecified atom stereocenters. The Labute approximate surface area is 234 Å². The Hall–Kier alpha value is -2.08. The molecular weight excluding hydrogens is 601 g/mol. The lowest BCUT2D eigenvalue weighted by molar-refractivity contribution is -0.139. The fourth-order valence-electron chi connectivity index (χ4n) is 3.29. The van der Waals surface area contributed by atoms with Gasteiger partial charge in [-0.1, -0.05) is 53.0 Å². The quantitative estimate of drug-likeness (QED) is 0.170. The van der Waals surface area contributed by atoms with Crippen LogP contribution in [0.15, 0.2) is 36.4 Å². The molecule has 0 bridgehead atoms. The average Bonchev–Trinajstić information content (AvgIpc) is 2.79. The highest BCUT2D eigenvalue weighted by molar-refractivity contribution is 7.98. The van der Waals surface area contributed by atoms with Gasteiger partial charge in [0, 0.05) is 12.2 Å². The van der Waals surface area contributed by atoms with Gasteiger partial charge in [-0.3, -0.25) is 9.59 Å². The SMILES string of the molecule is CSCCC(=O)N[C@@H](C)NC(=O)c1ccc(C=CC(c2cc(Cl)c(Cl)c(Cl)c2)C(F)(F)F)cc1C(F)(F)F. The topological polar surface area (TPSA) is 58.2 Å². The lowest BCUT2D eigenvalue weighted by atomic mass is 9.96. The summed E-state index contributed by atoms with van der Waals surface area (Å²) >= 11 is 18.9. The van der Waals surface area contributed by atoms with Gasteiger partial charge in [0.2, 0.25) is 5.91 Å². The van der Waals surface area contributed by atoms with E-state index in [0.29, 0.717) is 17.9 Å². The summed E-state index contributed by atoms with van der Waals surface area (Å²) in [7, 11) is 0. The van der Waals surface area contributed by atoms with Crippen LogP contribution in [0.2, 0.25) is 15.1 Å². The third-order valence-electron chi connectivity index (χ3n) is 5.05. The van der Waals surface area contributed by atoms with Gasteiger partial charge in [0.05, 0.1) is 38.3 Å². The Morgan fingerprint density at radius 2 is 1.61 bits per heavy atom. The molecule has 0 aromatic heterocycles. The minimum absolute atomic E-state index is 0.139. The van der Waals surface area contributed by atoms with E-state index in [9.17, 15) is 35.9 Å². The molecule has 0 radical (unpaired) electrons. The van der Waals surface area contributed by atoms with Crippen LogP contribution in [-0.4, -0.2) is 36.2 Å². The molecule has 2 atom stereocenters. The molecule has 0 fully saturated rings. The van der Waals surface area contributed by atoms with Crippen LogP contribution in [0, 0.1) is 0 Å². The van der Waals surface area contributed by atoms with Crippen LogP contribution in [0.25, 0.3) is 6.08 Å². The number of benzene rings is 2. The molecule has 4 nitrogen and oxygen atoms in total. The molecule has 0 aliphatic heterocycles. The molecule has 2 aromatic rings. The summed E-state index contributed by atoms with van der Waals surface area (Å²) < 4.78 is 82.5. The maximum atomic E-state index is 13.8. The van der Waals surface area contributed by atoms with Crippen molar-refractivity contribution < 1.29 is 35.9 Å². The first-order chi connectivity index (χ1) is 17.5. The molecule has 0 saturated heterocycles. The summed E-state index contributed by atoms with van der Waals surface area (Å²) in [4.78, 5) is 24.3. The predicted octanol–water partition coefficient (Wildman–Crippen LogP) is 7.97. The van der Waals surface area contributed by atoms with Gasteiger partial charge in [-0.2, -0.15) is 38.1 Å².